The summed E-state index contributed by atoms with van der Waals surface area (Å²) < 4.78 is 30.4. The Morgan fingerprint density at radius 1 is 1.42 bits per heavy atom. The average molecular weight is 398 g/mol. The zero-order valence-electron chi connectivity index (χ0n) is 13.6. The SMILES string of the molecule is CN(Cc1ccc(OC(F)F)cc1)C(=O)/C=C/c1c(Cl)nc2sccn12. The number of hydrogen-bond acceptors (Lipinski definition) is 4. The molecule has 5 nitrogen and oxygen atoms in total. The number of alkyl halides is 2. The number of likely N-dealkylation sites (N-methyl/N-ethyl adjacent to an activating group) is 1. The number of hydrogen-bond donors (Lipinski definition) is 0. The van der Waals surface area contributed by atoms with Crippen molar-refractivity contribution in [1.82, 2.24) is 14.3 Å². The first-order chi connectivity index (χ1) is 12.4. The number of amides is 1. The van der Waals surface area contributed by atoms with Gasteiger partial charge in [0, 0.05) is 31.2 Å². The summed E-state index contributed by atoms with van der Waals surface area (Å²) in [6.45, 7) is -2.54. The summed E-state index contributed by atoms with van der Waals surface area (Å²) in [5.74, 6) is -0.146. The number of benzene rings is 1. The lowest BCUT2D eigenvalue weighted by atomic mass is 10.2. The highest BCUT2D eigenvalue weighted by atomic mass is 35.5. The quantitative estimate of drug-likeness (QED) is 0.582. The van der Waals surface area contributed by atoms with Gasteiger partial charge in [-0.2, -0.15) is 8.78 Å². The van der Waals surface area contributed by atoms with E-state index in [4.69, 9.17) is 11.6 Å². The zero-order valence-corrected chi connectivity index (χ0v) is 15.2. The molecule has 0 N–H and O–H groups in total. The lowest BCUT2D eigenvalue weighted by Gasteiger charge is -2.15. The highest BCUT2D eigenvalue weighted by Gasteiger charge is 2.11. The Morgan fingerprint density at radius 2 is 2.15 bits per heavy atom. The van der Waals surface area contributed by atoms with Crippen molar-refractivity contribution in [3.63, 3.8) is 0 Å². The fourth-order valence-electron chi connectivity index (χ4n) is 2.33. The highest BCUT2D eigenvalue weighted by Crippen LogP contribution is 2.22. The maximum Gasteiger partial charge on any atom is 0.387 e. The Labute approximate surface area is 157 Å². The van der Waals surface area contributed by atoms with Crippen molar-refractivity contribution < 1.29 is 18.3 Å². The second kappa shape index (κ2) is 7.84. The molecule has 9 heteroatoms. The molecule has 0 unspecified atom stereocenters. The number of halogens is 3. The third kappa shape index (κ3) is 4.20. The molecular formula is C17H14ClF2N3O2S. The number of thiazole rings is 1. The van der Waals surface area contributed by atoms with Gasteiger partial charge in [0.15, 0.2) is 10.1 Å². The second-order valence-corrected chi connectivity index (χ2v) is 6.62. The monoisotopic (exact) mass is 397 g/mol. The molecule has 3 rings (SSSR count). The van der Waals surface area contributed by atoms with Gasteiger partial charge in [0.1, 0.15) is 5.75 Å². The van der Waals surface area contributed by atoms with Crippen LogP contribution in [0.3, 0.4) is 0 Å². The molecule has 1 amide bonds. The minimum atomic E-state index is -2.86. The smallest absolute Gasteiger partial charge is 0.387 e. The van der Waals surface area contributed by atoms with Gasteiger partial charge in [-0.15, -0.1) is 11.3 Å². The molecule has 0 aliphatic heterocycles. The number of fused-ring (bicyclic) bond motifs is 1. The van der Waals surface area contributed by atoms with E-state index in [0.717, 1.165) is 10.5 Å². The number of aromatic nitrogens is 2. The van der Waals surface area contributed by atoms with Gasteiger partial charge in [0.05, 0.1) is 5.69 Å². The molecule has 0 spiro atoms. The maximum atomic E-state index is 12.3. The van der Waals surface area contributed by atoms with Crippen LogP contribution in [0.5, 0.6) is 5.75 Å². The molecule has 0 atom stereocenters. The molecule has 1 aromatic carbocycles. The number of carbonyl (C=O) groups is 1. The molecular weight excluding hydrogens is 384 g/mol. The molecule has 0 aliphatic rings. The number of rotatable bonds is 6. The van der Waals surface area contributed by atoms with Crippen LogP contribution in [-0.4, -0.2) is 33.9 Å². The van der Waals surface area contributed by atoms with Crippen LogP contribution in [0.2, 0.25) is 5.15 Å². The van der Waals surface area contributed by atoms with Gasteiger partial charge in [-0.3, -0.25) is 9.20 Å². The van der Waals surface area contributed by atoms with Crippen LogP contribution in [-0.2, 0) is 11.3 Å². The predicted molar refractivity (Wildman–Crippen MR) is 96.7 cm³/mol. The normalized spacial score (nSPS) is 11.6. The van der Waals surface area contributed by atoms with Crippen molar-refractivity contribution in [3.05, 3.63) is 58.3 Å². The lowest BCUT2D eigenvalue weighted by molar-refractivity contribution is -0.125. The minimum Gasteiger partial charge on any atom is -0.435 e. The number of nitrogens with zero attached hydrogens (tertiary/aromatic N) is 3. The topological polar surface area (TPSA) is 46.8 Å². The summed E-state index contributed by atoms with van der Waals surface area (Å²) in [6.07, 6.45) is 4.87. The Bertz CT molecular complexity index is 937. The van der Waals surface area contributed by atoms with Crippen LogP contribution in [0.25, 0.3) is 11.0 Å². The van der Waals surface area contributed by atoms with Crippen LogP contribution in [0, 0.1) is 0 Å². The fraction of sp³-hybridized carbons (Fsp3) is 0.176. The lowest BCUT2D eigenvalue weighted by Crippen LogP contribution is -2.24. The Kier molecular flexibility index (Phi) is 5.53. The number of imidazole rings is 1. The third-order valence-corrected chi connectivity index (χ3v) is 4.62. The van der Waals surface area contributed by atoms with E-state index in [9.17, 15) is 13.6 Å². The first kappa shape index (κ1) is 18.3. The molecule has 0 radical (unpaired) electrons. The third-order valence-electron chi connectivity index (χ3n) is 3.58. The Morgan fingerprint density at radius 3 is 2.85 bits per heavy atom. The molecule has 0 fully saturated rings. The largest absolute Gasteiger partial charge is 0.435 e. The van der Waals surface area contributed by atoms with Crippen molar-refractivity contribution in [2.24, 2.45) is 0 Å². The van der Waals surface area contributed by atoms with E-state index in [0.29, 0.717) is 17.4 Å². The molecule has 0 aliphatic carbocycles. The van der Waals surface area contributed by atoms with Gasteiger partial charge in [-0.1, -0.05) is 23.7 Å². The average Bonchev–Trinajstić information content (AvgIpc) is 3.14. The first-order valence-corrected chi connectivity index (χ1v) is 8.78. The molecule has 0 saturated heterocycles. The van der Waals surface area contributed by atoms with E-state index < -0.39 is 6.61 Å². The number of carbonyl (C=O) groups excluding carboxylic acids is 1. The van der Waals surface area contributed by atoms with Gasteiger partial charge < -0.3 is 9.64 Å². The molecule has 2 aromatic heterocycles. The van der Waals surface area contributed by atoms with E-state index in [1.807, 2.05) is 11.6 Å². The van der Waals surface area contributed by atoms with E-state index in [1.54, 1.807) is 29.7 Å². The van der Waals surface area contributed by atoms with Gasteiger partial charge >= 0.3 is 6.61 Å². The van der Waals surface area contributed by atoms with Crippen molar-refractivity contribution in [1.29, 1.82) is 0 Å². The van der Waals surface area contributed by atoms with Gasteiger partial charge in [-0.25, -0.2) is 4.98 Å². The highest BCUT2D eigenvalue weighted by molar-refractivity contribution is 7.15. The summed E-state index contributed by atoms with van der Waals surface area (Å²) in [7, 11) is 1.65. The van der Waals surface area contributed by atoms with Crippen molar-refractivity contribution in [2.75, 3.05) is 7.05 Å². The van der Waals surface area contributed by atoms with Crippen LogP contribution in [0.15, 0.2) is 41.9 Å². The van der Waals surface area contributed by atoms with E-state index in [1.165, 1.54) is 34.4 Å². The predicted octanol–water partition coefficient (Wildman–Crippen LogP) is 4.32. The van der Waals surface area contributed by atoms with Crippen molar-refractivity contribution in [3.8, 4) is 5.75 Å². The molecule has 2 heterocycles. The fourth-order valence-corrected chi connectivity index (χ4v) is 3.34. The van der Waals surface area contributed by atoms with E-state index >= 15 is 0 Å². The zero-order chi connectivity index (χ0) is 18.7. The van der Waals surface area contributed by atoms with Gasteiger partial charge in [0.25, 0.3) is 0 Å². The standard InChI is InChI=1S/C17H14ClF2N3O2S/c1-22(10-11-2-4-12(5-3-11)25-16(19)20)14(24)7-6-13-15(18)21-17-23(13)8-9-26-17/h2-9,16H,10H2,1H3/b7-6+. The summed E-state index contributed by atoms with van der Waals surface area (Å²) in [5, 5.41) is 2.21. The molecule has 26 heavy (non-hydrogen) atoms. The van der Waals surface area contributed by atoms with Crippen LogP contribution in [0.1, 0.15) is 11.3 Å². The summed E-state index contributed by atoms with van der Waals surface area (Å²) in [4.78, 5) is 18.7. The molecule has 136 valence electrons. The summed E-state index contributed by atoms with van der Waals surface area (Å²) in [6, 6.07) is 6.14. The van der Waals surface area contributed by atoms with Crippen molar-refractivity contribution in [2.45, 2.75) is 13.2 Å². The summed E-state index contributed by atoms with van der Waals surface area (Å²) >= 11 is 7.54. The van der Waals surface area contributed by atoms with E-state index in [-0.39, 0.29) is 11.7 Å². The number of ether oxygens (including phenoxy) is 1. The minimum absolute atomic E-state index is 0.0766. The Hall–Kier alpha value is -2.45. The molecule has 0 bridgehead atoms. The van der Waals surface area contributed by atoms with Gasteiger partial charge in [0.2, 0.25) is 5.91 Å². The molecule has 0 saturated carbocycles. The van der Waals surface area contributed by atoms with Crippen LogP contribution < -0.4 is 4.74 Å². The van der Waals surface area contributed by atoms with Gasteiger partial charge in [-0.05, 0) is 23.8 Å². The maximum absolute atomic E-state index is 12.3. The van der Waals surface area contributed by atoms with E-state index in [2.05, 4.69) is 9.72 Å². The van der Waals surface area contributed by atoms with Crippen LogP contribution in [0.4, 0.5) is 8.78 Å². The first-order valence-electron chi connectivity index (χ1n) is 7.52. The van der Waals surface area contributed by atoms with Crippen LogP contribution >= 0.6 is 22.9 Å². The second-order valence-electron chi connectivity index (χ2n) is 5.39. The van der Waals surface area contributed by atoms with Crippen molar-refractivity contribution >= 4 is 39.9 Å². The summed E-state index contributed by atoms with van der Waals surface area (Å²) in [5.41, 5.74) is 1.43. The molecule has 3 aromatic rings. The Balaban J connectivity index is 1.64.